The number of carbonyl (C=O) groups is 2. The summed E-state index contributed by atoms with van der Waals surface area (Å²) in [6, 6.07) is 25.5. The molecule has 0 fully saturated rings. The molecule has 7 nitrogen and oxygen atoms in total. The van der Waals surface area contributed by atoms with Crippen LogP contribution in [-0.4, -0.2) is 39.4 Å². The maximum atomic E-state index is 12.9. The van der Waals surface area contributed by atoms with Gasteiger partial charge in [0.1, 0.15) is 5.69 Å². The fraction of sp³-hybridized carbons (Fsp3) is 0.148. The highest BCUT2D eigenvalue weighted by Gasteiger charge is 2.24. The van der Waals surface area contributed by atoms with Crippen LogP contribution in [0, 0.1) is 0 Å². The Hall–Kier alpha value is -3.94. The lowest BCUT2D eigenvalue weighted by Gasteiger charge is -2.20. The fourth-order valence-electron chi connectivity index (χ4n) is 3.75. The van der Waals surface area contributed by atoms with Crippen molar-refractivity contribution < 1.29 is 24.3 Å². The second kappa shape index (κ2) is 11.0. The molecule has 1 heterocycles. The van der Waals surface area contributed by atoms with Gasteiger partial charge < -0.3 is 20.1 Å². The maximum Gasteiger partial charge on any atom is 0.332 e. The second-order valence-corrected chi connectivity index (χ2v) is 8.49. The molecule has 4 rings (SSSR count). The number of nitrogens with one attached hydrogen (secondary N) is 1. The molecule has 8 heteroatoms. The molecular weight excluding hydrogens is 468 g/mol. The number of aliphatic hydroxyl groups excluding tert-OH is 1. The monoisotopic (exact) mass is 490 g/mol. The summed E-state index contributed by atoms with van der Waals surface area (Å²) in [6.45, 7) is 0. The first-order chi connectivity index (χ1) is 16.9. The van der Waals surface area contributed by atoms with Crippen LogP contribution in [0.1, 0.15) is 22.5 Å². The zero-order valence-electron chi connectivity index (χ0n) is 18.6. The molecule has 0 aliphatic heterocycles. The summed E-state index contributed by atoms with van der Waals surface area (Å²) < 4.78 is 5.20. The van der Waals surface area contributed by atoms with Crippen LogP contribution in [0.15, 0.2) is 89.5 Å². The molecule has 0 spiro atoms. The van der Waals surface area contributed by atoms with E-state index in [-0.39, 0.29) is 12.2 Å². The molecule has 0 saturated carbocycles. The van der Waals surface area contributed by atoms with Crippen LogP contribution >= 0.6 is 11.6 Å². The molecule has 0 aliphatic rings. The van der Waals surface area contributed by atoms with E-state index in [1.807, 2.05) is 54.6 Å². The van der Waals surface area contributed by atoms with Gasteiger partial charge in [0, 0.05) is 24.1 Å². The third-order valence-corrected chi connectivity index (χ3v) is 5.88. The van der Waals surface area contributed by atoms with Gasteiger partial charge in [0.25, 0.3) is 5.91 Å². The van der Waals surface area contributed by atoms with Crippen LogP contribution in [0.2, 0.25) is 5.02 Å². The van der Waals surface area contributed by atoms with E-state index in [2.05, 4.69) is 10.5 Å². The van der Waals surface area contributed by atoms with Gasteiger partial charge in [-0.05, 0) is 29.2 Å². The van der Waals surface area contributed by atoms with Crippen molar-refractivity contribution in [3.8, 4) is 22.4 Å². The lowest BCUT2D eigenvalue weighted by Crippen LogP contribution is -2.40. The highest BCUT2D eigenvalue weighted by Crippen LogP contribution is 2.27. The first kappa shape index (κ1) is 24.2. The van der Waals surface area contributed by atoms with Gasteiger partial charge in [0.15, 0.2) is 6.10 Å². The van der Waals surface area contributed by atoms with E-state index >= 15 is 0 Å². The van der Waals surface area contributed by atoms with Crippen LogP contribution in [0.25, 0.3) is 22.4 Å². The number of rotatable bonds is 9. The average Bonchev–Trinajstić information content (AvgIpc) is 3.35. The summed E-state index contributed by atoms with van der Waals surface area (Å²) >= 11 is 6.19. The molecule has 3 aromatic carbocycles. The van der Waals surface area contributed by atoms with Crippen molar-refractivity contribution >= 4 is 23.5 Å². The van der Waals surface area contributed by atoms with Gasteiger partial charge >= 0.3 is 5.97 Å². The number of carboxylic acids is 1. The van der Waals surface area contributed by atoms with Crippen molar-refractivity contribution in [2.24, 2.45) is 0 Å². The Morgan fingerprint density at radius 1 is 0.943 bits per heavy atom. The summed E-state index contributed by atoms with van der Waals surface area (Å²) in [4.78, 5) is 24.1. The van der Waals surface area contributed by atoms with Gasteiger partial charge in [-0.25, -0.2) is 4.79 Å². The standard InChI is InChI=1S/C27H23ClN2O5/c28-22-9-5-4-8-21(22)23-16-25(35-30-23)26(32)29-20(15-24(31)27(33)34)14-17-10-12-19(13-11-17)18-6-2-1-3-7-18/h1-13,16,20,24,31H,14-15H2,(H,29,32)(H,33,34)/t20-,24-/m1/s1. The smallest absolute Gasteiger partial charge is 0.332 e. The molecule has 0 saturated heterocycles. The molecule has 0 radical (unpaired) electrons. The molecule has 0 unspecified atom stereocenters. The van der Waals surface area contributed by atoms with Gasteiger partial charge in [0.05, 0.1) is 5.02 Å². The van der Waals surface area contributed by atoms with Crippen LogP contribution in [0.4, 0.5) is 0 Å². The first-order valence-electron chi connectivity index (χ1n) is 11.0. The van der Waals surface area contributed by atoms with Crippen molar-refractivity contribution in [1.82, 2.24) is 10.5 Å². The Labute approximate surface area is 207 Å². The molecule has 2 atom stereocenters. The van der Waals surface area contributed by atoms with Crippen molar-refractivity contribution in [2.45, 2.75) is 25.0 Å². The number of amides is 1. The highest BCUT2D eigenvalue weighted by molar-refractivity contribution is 6.33. The Kier molecular flexibility index (Phi) is 7.60. The topological polar surface area (TPSA) is 113 Å². The Morgan fingerprint density at radius 3 is 2.29 bits per heavy atom. The SMILES string of the molecule is O=C(N[C@H](Cc1ccc(-c2ccccc2)cc1)C[C@@H](O)C(=O)O)c1cc(-c2ccccc2Cl)no1. The summed E-state index contributed by atoms with van der Waals surface area (Å²) in [5, 5.41) is 26.3. The summed E-state index contributed by atoms with van der Waals surface area (Å²) in [5.74, 6) is -1.97. The van der Waals surface area contributed by atoms with Gasteiger partial charge in [-0.3, -0.25) is 4.79 Å². The predicted molar refractivity (Wildman–Crippen MR) is 132 cm³/mol. The molecule has 1 aromatic heterocycles. The van der Waals surface area contributed by atoms with Crippen molar-refractivity contribution in [2.75, 3.05) is 0 Å². The van der Waals surface area contributed by atoms with E-state index < -0.39 is 24.0 Å². The molecule has 35 heavy (non-hydrogen) atoms. The molecular formula is C27H23ClN2O5. The van der Waals surface area contributed by atoms with Crippen LogP contribution in [-0.2, 0) is 11.2 Å². The molecule has 1 amide bonds. The predicted octanol–water partition coefficient (Wildman–Crippen LogP) is 4.84. The normalized spacial score (nSPS) is 12.6. The summed E-state index contributed by atoms with van der Waals surface area (Å²) in [7, 11) is 0. The van der Waals surface area contributed by atoms with E-state index in [9.17, 15) is 14.7 Å². The van der Waals surface area contributed by atoms with E-state index in [1.165, 1.54) is 6.07 Å². The quantitative estimate of drug-likeness (QED) is 0.309. The Balaban J connectivity index is 1.49. The number of aliphatic hydroxyl groups is 1. The third-order valence-electron chi connectivity index (χ3n) is 5.55. The van der Waals surface area contributed by atoms with Crippen LogP contribution in [0.3, 0.4) is 0 Å². The van der Waals surface area contributed by atoms with Gasteiger partial charge in [-0.15, -0.1) is 0 Å². The van der Waals surface area contributed by atoms with Crippen LogP contribution < -0.4 is 5.32 Å². The molecule has 4 aromatic rings. The number of hydrogen-bond acceptors (Lipinski definition) is 5. The van der Waals surface area contributed by atoms with Crippen molar-refractivity contribution in [3.63, 3.8) is 0 Å². The number of halogens is 1. The largest absolute Gasteiger partial charge is 0.479 e. The minimum absolute atomic E-state index is 0.0471. The van der Waals surface area contributed by atoms with Gasteiger partial charge in [-0.2, -0.15) is 0 Å². The van der Waals surface area contributed by atoms with Crippen molar-refractivity contribution in [1.29, 1.82) is 0 Å². The number of hydrogen-bond donors (Lipinski definition) is 3. The number of carbonyl (C=O) groups excluding carboxylic acids is 1. The van der Waals surface area contributed by atoms with E-state index in [0.29, 0.717) is 22.7 Å². The van der Waals surface area contributed by atoms with Crippen molar-refractivity contribution in [3.05, 3.63) is 101 Å². The van der Waals surface area contributed by atoms with Gasteiger partial charge in [0.2, 0.25) is 5.76 Å². The van der Waals surface area contributed by atoms with E-state index in [4.69, 9.17) is 21.2 Å². The Morgan fingerprint density at radius 2 is 1.60 bits per heavy atom. The van der Waals surface area contributed by atoms with Crippen LogP contribution in [0.5, 0.6) is 0 Å². The first-order valence-corrected chi connectivity index (χ1v) is 11.4. The van der Waals surface area contributed by atoms with Gasteiger partial charge in [-0.1, -0.05) is 89.6 Å². The average molecular weight is 491 g/mol. The number of aliphatic carboxylic acids is 1. The zero-order valence-corrected chi connectivity index (χ0v) is 19.4. The summed E-state index contributed by atoms with van der Waals surface area (Å²) in [6.07, 6.45) is -1.48. The minimum Gasteiger partial charge on any atom is -0.479 e. The Bertz CT molecular complexity index is 1300. The number of nitrogens with zero attached hydrogens (tertiary/aromatic N) is 1. The number of carboxylic acid groups (broad SMARTS) is 1. The highest BCUT2D eigenvalue weighted by atomic mass is 35.5. The fourth-order valence-corrected chi connectivity index (χ4v) is 3.98. The minimum atomic E-state index is -1.63. The second-order valence-electron chi connectivity index (χ2n) is 8.08. The number of benzene rings is 3. The molecule has 0 bridgehead atoms. The zero-order chi connectivity index (χ0) is 24.8. The lowest BCUT2D eigenvalue weighted by atomic mass is 9.97. The molecule has 0 aliphatic carbocycles. The lowest BCUT2D eigenvalue weighted by molar-refractivity contribution is -0.147. The third kappa shape index (κ3) is 6.15. The molecule has 178 valence electrons. The maximum absolute atomic E-state index is 12.9. The summed E-state index contributed by atoms with van der Waals surface area (Å²) in [5.41, 5.74) is 4.01. The number of aromatic nitrogens is 1. The van der Waals surface area contributed by atoms with E-state index in [1.54, 1.807) is 24.3 Å². The van der Waals surface area contributed by atoms with E-state index in [0.717, 1.165) is 16.7 Å². The molecule has 3 N–H and O–H groups in total.